The third-order valence-corrected chi connectivity index (χ3v) is 6.21. The van der Waals surface area contributed by atoms with Crippen molar-refractivity contribution in [2.24, 2.45) is 5.41 Å². The van der Waals surface area contributed by atoms with Crippen LogP contribution in [0.2, 0.25) is 0 Å². The molecule has 1 aliphatic carbocycles. The van der Waals surface area contributed by atoms with Gasteiger partial charge in [0.05, 0.1) is 11.9 Å². The van der Waals surface area contributed by atoms with Gasteiger partial charge in [-0.2, -0.15) is 0 Å². The van der Waals surface area contributed by atoms with E-state index >= 15 is 0 Å². The topological polar surface area (TPSA) is 91.7 Å². The molecule has 0 heterocycles. The van der Waals surface area contributed by atoms with Crippen LogP contribution in [0, 0.1) is 11.2 Å². The van der Waals surface area contributed by atoms with Gasteiger partial charge in [0.1, 0.15) is 11.2 Å². The summed E-state index contributed by atoms with van der Waals surface area (Å²) in [4.78, 5) is 11.4. The highest BCUT2D eigenvalue weighted by Crippen LogP contribution is 2.63. The number of sulfone groups is 1. The highest BCUT2D eigenvalue weighted by atomic mass is 32.2. The Hall–Kier alpha value is -1.47. The lowest BCUT2D eigenvalue weighted by Gasteiger charge is -2.08. The molecule has 2 rings (SSSR count). The summed E-state index contributed by atoms with van der Waals surface area (Å²) in [6.45, 7) is 0.660. The second-order valence-electron chi connectivity index (χ2n) is 4.90. The van der Waals surface area contributed by atoms with Crippen molar-refractivity contribution >= 4 is 15.8 Å². The second kappa shape index (κ2) is 4.82. The van der Waals surface area contributed by atoms with E-state index in [-0.39, 0.29) is 5.75 Å². The third kappa shape index (κ3) is 2.01. The van der Waals surface area contributed by atoms with E-state index in [0.717, 1.165) is 12.1 Å². The van der Waals surface area contributed by atoms with Crippen LogP contribution in [0.5, 0.6) is 0 Å². The summed E-state index contributed by atoms with van der Waals surface area (Å²) in [7, 11) is -3.63. The highest BCUT2D eigenvalue weighted by molar-refractivity contribution is 7.92. The van der Waals surface area contributed by atoms with Gasteiger partial charge in [-0.15, -0.1) is 0 Å². The van der Waals surface area contributed by atoms with Crippen LogP contribution in [0.3, 0.4) is 0 Å². The van der Waals surface area contributed by atoms with E-state index in [1.165, 1.54) is 19.1 Å². The number of halogens is 1. The number of carboxylic acid groups (broad SMARTS) is 1. The molecule has 0 saturated heterocycles. The predicted molar refractivity (Wildman–Crippen MR) is 69.5 cm³/mol. The molecule has 7 heteroatoms. The zero-order chi connectivity index (χ0) is 15.1. The van der Waals surface area contributed by atoms with Gasteiger partial charge in [0.15, 0.2) is 9.84 Å². The normalized spacial score (nSPS) is 29.1. The number of benzene rings is 1. The average molecular weight is 302 g/mol. The molecule has 1 aromatic carbocycles. The fourth-order valence-corrected chi connectivity index (χ4v) is 4.82. The number of aliphatic carboxylic acids is 1. The van der Waals surface area contributed by atoms with E-state index in [4.69, 9.17) is 0 Å². The summed E-state index contributed by atoms with van der Waals surface area (Å²) in [5.74, 6) is -2.90. The molecule has 0 amide bonds. The van der Waals surface area contributed by atoms with E-state index in [1.807, 2.05) is 0 Å². The summed E-state index contributed by atoms with van der Waals surface area (Å²) in [5.41, 5.74) is -1.32. The molecule has 0 aliphatic heterocycles. The maximum atomic E-state index is 12.9. The fraction of sp³-hybridized carbons (Fsp3) is 0.462. The van der Waals surface area contributed by atoms with Gasteiger partial charge in [0.2, 0.25) is 0 Å². The number of aliphatic hydroxyl groups is 1. The van der Waals surface area contributed by atoms with Gasteiger partial charge in [0, 0.05) is 11.7 Å². The number of rotatable bonds is 5. The Morgan fingerprint density at radius 3 is 2.30 bits per heavy atom. The lowest BCUT2D eigenvalue weighted by atomic mass is 10.0. The monoisotopic (exact) mass is 302 g/mol. The smallest absolute Gasteiger partial charge is 0.314 e. The lowest BCUT2D eigenvalue weighted by Crippen LogP contribution is -2.28. The molecule has 1 fully saturated rings. The summed E-state index contributed by atoms with van der Waals surface area (Å²) in [6, 6.07) is 5.01. The zero-order valence-electron chi connectivity index (χ0n) is 10.8. The molecule has 0 bridgehead atoms. The molecular formula is C13H15FO5S. The molecule has 1 aliphatic rings. The third-order valence-electron chi connectivity index (χ3n) is 3.93. The van der Waals surface area contributed by atoms with Gasteiger partial charge in [0.25, 0.3) is 0 Å². The first kappa shape index (κ1) is 14.9. The molecule has 1 aromatic rings. The Bertz CT molecular complexity index is 625. The first-order valence-electron chi connectivity index (χ1n) is 6.12. The van der Waals surface area contributed by atoms with E-state index in [9.17, 15) is 27.8 Å². The molecule has 0 radical (unpaired) electrons. The molecule has 2 N–H and O–H groups in total. The molecule has 20 heavy (non-hydrogen) atoms. The molecule has 0 spiro atoms. The van der Waals surface area contributed by atoms with Crippen LogP contribution in [0.25, 0.3) is 0 Å². The quantitative estimate of drug-likeness (QED) is 0.839. The van der Waals surface area contributed by atoms with Crippen molar-refractivity contribution in [3.8, 4) is 0 Å². The Morgan fingerprint density at radius 2 is 1.90 bits per heavy atom. The number of aliphatic hydroxyl groups excluding tert-OH is 1. The molecule has 3 atom stereocenters. The summed E-state index contributed by atoms with van der Waals surface area (Å²) in [5, 5.41) is 17.6. The Balaban J connectivity index is 2.50. The van der Waals surface area contributed by atoms with Gasteiger partial charge in [-0.05, 0) is 17.7 Å². The van der Waals surface area contributed by atoms with Crippen molar-refractivity contribution < 1.29 is 27.8 Å². The number of carbonyl (C=O) groups is 1. The largest absolute Gasteiger partial charge is 0.481 e. The predicted octanol–water partition coefficient (Wildman–Crippen LogP) is 0.790. The first-order chi connectivity index (χ1) is 9.31. The number of carboxylic acids is 1. The van der Waals surface area contributed by atoms with Crippen LogP contribution >= 0.6 is 0 Å². The van der Waals surface area contributed by atoms with Crippen LogP contribution in [0.15, 0.2) is 24.3 Å². The summed E-state index contributed by atoms with van der Waals surface area (Å²) < 4.78 is 37.0. The maximum Gasteiger partial charge on any atom is 0.314 e. The van der Waals surface area contributed by atoms with Gasteiger partial charge in [-0.3, -0.25) is 4.79 Å². The van der Waals surface area contributed by atoms with Crippen molar-refractivity contribution in [2.45, 2.75) is 18.1 Å². The first-order valence-corrected chi connectivity index (χ1v) is 7.84. The van der Waals surface area contributed by atoms with E-state index in [2.05, 4.69) is 0 Å². The second-order valence-corrected chi connectivity index (χ2v) is 7.32. The fourth-order valence-electron chi connectivity index (χ4n) is 2.77. The number of hydrogen-bond donors (Lipinski definition) is 2. The average Bonchev–Trinajstić information content (AvgIpc) is 3.11. The van der Waals surface area contributed by atoms with Crippen LogP contribution in [0.4, 0.5) is 4.39 Å². The minimum Gasteiger partial charge on any atom is -0.481 e. The van der Waals surface area contributed by atoms with Gasteiger partial charge in [-0.25, -0.2) is 12.8 Å². The van der Waals surface area contributed by atoms with Crippen molar-refractivity contribution in [3.63, 3.8) is 0 Å². The summed E-state index contributed by atoms with van der Waals surface area (Å²) >= 11 is 0. The van der Waals surface area contributed by atoms with Crippen molar-refractivity contribution in [3.05, 3.63) is 35.6 Å². The van der Waals surface area contributed by atoms with Crippen LogP contribution in [-0.2, 0) is 14.6 Å². The molecule has 0 unspecified atom stereocenters. The minimum atomic E-state index is -3.63. The number of hydrogen-bond acceptors (Lipinski definition) is 4. The Kier molecular flexibility index (Phi) is 3.60. The van der Waals surface area contributed by atoms with E-state index in [1.54, 1.807) is 0 Å². The minimum absolute atomic E-state index is 0.204. The van der Waals surface area contributed by atoms with Crippen molar-refractivity contribution in [1.29, 1.82) is 0 Å². The summed E-state index contributed by atoms with van der Waals surface area (Å²) in [6.07, 6.45) is 0. The standard InChI is InChI=1S/C13H15FO5S/c1-2-20(18,19)11-10(13(11,7-15)12(16)17)8-3-5-9(14)6-4-8/h3-6,10-11,15H,2,7H2,1H3,(H,16,17)/t10-,11+,13+/m0/s1. The molecule has 0 aromatic heterocycles. The highest BCUT2D eigenvalue weighted by Gasteiger charge is 2.75. The SMILES string of the molecule is CCS(=O)(=O)[C@@H]1[C@H](c2ccc(F)cc2)[C@@]1(CO)C(=O)O. The zero-order valence-corrected chi connectivity index (χ0v) is 11.6. The van der Waals surface area contributed by atoms with Crippen molar-refractivity contribution in [2.75, 3.05) is 12.4 Å². The van der Waals surface area contributed by atoms with Crippen LogP contribution in [-0.4, -0.2) is 42.2 Å². The molecule has 1 saturated carbocycles. The molecule has 110 valence electrons. The van der Waals surface area contributed by atoms with Gasteiger partial charge >= 0.3 is 5.97 Å². The van der Waals surface area contributed by atoms with Gasteiger partial charge in [-0.1, -0.05) is 19.1 Å². The van der Waals surface area contributed by atoms with Crippen molar-refractivity contribution in [1.82, 2.24) is 0 Å². The Labute approximate surface area is 116 Å². The van der Waals surface area contributed by atoms with E-state index in [0.29, 0.717) is 5.56 Å². The van der Waals surface area contributed by atoms with Gasteiger partial charge < -0.3 is 10.2 Å². The van der Waals surface area contributed by atoms with Crippen LogP contribution in [0.1, 0.15) is 18.4 Å². The lowest BCUT2D eigenvalue weighted by molar-refractivity contribution is -0.145. The van der Waals surface area contributed by atoms with Crippen LogP contribution < -0.4 is 0 Å². The maximum absolute atomic E-state index is 12.9. The molecular weight excluding hydrogens is 287 g/mol. The molecule has 5 nitrogen and oxygen atoms in total. The Morgan fingerprint density at radius 1 is 1.35 bits per heavy atom. The van der Waals surface area contributed by atoms with E-state index < -0.39 is 44.8 Å².